The normalized spacial score (nSPS) is 12.0. The summed E-state index contributed by atoms with van der Waals surface area (Å²) < 4.78 is 12.4. The predicted molar refractivity (Wildman–Crippen MR) is 167 cm³/mol. The minimum atomic E-state index is 0.825. The van der Waals surface area contributed by atoms with Crippen molar-refractivity contribution >= 4 is 6.08 Å². The number of rotatable bonds is 6. The van der Waals surface area contributed by atoms with Crippen LogP contribution in [0.5, 0.6) is 5.75 Å². The molecule has 0 aliphatic heterocycles. The van der Waals surface area contributed by atoms with Crippen LogP contribution in [-0.2, 0) is 6.42 Å². The van der Waals surface area contributed by atoms with Crippen LogP contribution < -0.4 is 4.74 Å². The Labute approximate surface area is 241 Å². The first-order valence-electron chi connectivity index (χ1n) is 13.9. The van der Waals surface area contributed by atoms with Gasteiger partial charge in [-0.25, -0.2) is 0 Å². The number of hydrogen-bond acceptors (Lipinski definition) is 2. The van der Waals surface area contributed by atoms with Gasteiger partial charge in [0, 0.05) is 33.4 Å². The second kappa shape index (κ2) is 10.7. The predicted octanol–water partition coefficient (Wildman–Crippen LogP) is 10.2. The fraction of sp³-hybridized carbons (Fsp3) is 0.0769. The minimum absolute atomic E-state index is 0.825. The lowest BCUT2D eigenvalue weighted by Crippen LogP contribution is -1.97. The van der Waals surface area contributed by atoms with Crippen LogP contribution in [0.3, 0.4) is 0 Å². The third kappa shape index (κ3) is 4.62. The Morgan fingerprint density at radius 3 is 2.12 bits per heavy atom. The molecule has 6 aromatic rings. The third-order valence-corrected chi connectivity index (χ3v) is 7.74. The molecule has 1 aliphatic rings. The summed E-state index contributed by atoms with van der Waals surface area (Å²) in [6.45, 7) is 0. The lowest BCUT2D eigenvalue weighted by Gasteiger charge is -2.18. The molecule has 0 radical (unpaired) electrons. The first-order chi connectivity index (χ1) is 20.3. The van der Waals surface area contributed by atoms with Gasteiger partial charge in [-0.05, 0) is 83.6 Å². The standard InChI is InChI=1S/C39H28O2/c1-40-32-23-21-30(22-24-32)38-33-19-11-12-20-34(33)39(41-38)37-35(28-15-7-3-8-16-28)25-31(27-13-5-2-6-14-27)26-36(37)29-17-9-4-10-18-29/h2-9,11,13-17,19,21-26H,12,20H2,1H3. The van der Waals surface area contributed by atoms with Gasteiger partial charge in [-0.1, -0.05) is 91.0 Å². The monoisotopic (exact) mass is 528 g/mol. The molecule has 1 aromatic heterocycles. The van der Waals surface area contributed by atoms with Crippen LogP contribution >= 0.6 is 0 Å². The molecular formula is C39H28O2. The Hall–Kier alpha value is -5.26. The smallest absolute Gasteiger partial charge is 0.142 e. The molecule has 1 aliphatic carbocycles. The maximum Gasteiger partial charge on any atom is 0.142 e. The largest absolute Gasteiger partial charge is 0.497 e. The summed E-state index contributed by atoms with van der Waals surface area (Å²) in [6, 6.07) is 46.5. The van der Waals surface area contributed by atoms with Crippen molar-refractivity contribution in [3.8, 4) is 61.8 Å². The average molecular weight is 529 g/mol. The maximum atomic E-state index is 6.97. The Kier molecular flexibility index (Phi) is 6.47. The highest BCUT2D eigenvalue weighted by Crippen LogP contribution is 2.48. The molecule has 0 spiro atoms. The van der Waals surface area contributed by atoms with Crippen molar-refractivity contribution in [1.82, 2.24) is 0 Å². The van der Waals surface area contributed by atoms with E-state index in [1.807, 2.05) is 24.3 Å². The summed E-state index contributed by atoms with van der Waals surface area (Å²) in [5, 5.41) is 0. The molecule has 2 heteroatoms. The van der Waals surface area contributed by atoms with Crippen molar-refractivity contribution < 1.29 is 9.15 Å². The molecule has 0 saturated carbocycles. The zero-order chi connectivity index (χ0) is 27.6. The van der Waals surface area contributed by atoms with Gasteiger partial charge in [0.05, 0.1) is 7.11 Å². The molecule has 196 valence electrons. The highest BCUT2D eigenvalue weighted by atomic mass is 16.5. The van der Waals surface area contributed by atoms with Crippen LogP contribution in [-0.4, -0.2) is 7.11 Å². The highest BCUT2D eigenvalue weighted by molar-refractivity contribution is 5.98. The molecular weight excluding hydrogens is 500 g/mol. The molecule has 2 nitrogen and oxygen atoms in total. The first kappa shape index (κ1) is 24.8. The quantitative estimate of drug-likeness (QED) is 0.215. The molecule has 0 N–H and O–H groups in total. The van der Waals surface area contributed by atoms with E-state index in [9.17, 15) is 0 Å². The fourth-order valence-corrected chi connectivity index (χ4v) is 5.74. The van der Waals surface area contributed by atoms with Gasteiger partial charge >= 0.3 is 0 Å². The number of methoxy groups -OCH3 is 1. The van der Waals surface area contributed by atoms with Crippen molar-refractivity contribution in [2.75, 3.05) is 7.11 Å². The van der Waals surface area contributed by atoms with Gasteiger partial charge in [-0.3, -0.25) is 0 Å². The van der Waals surface area contributed by atoms with Gasteiger partial charge in [-0.2, -0.15) is 0 Å². The van der Waals surface area contributed by atoms with Gasteiger partial charge in [0.25, 0.3) is 0 Å². The van der Waals surface area contributed by atoms with Gasteiger partial charge in [-0.15, -0.1) is 0 Å². The van der Waals surface area contributed by atoms with Crippen molar-refractivity contribution in [2.45, 2.75) is 12.8 Å². The zero-order valence-electron chi connectivity index (χ0n) is 22.9. The van der Waals surface area contributed by atoms with E-state index in [-0.39, 0.29) is 0 Å². The zero-order valence-corrected chi connectivity index (χ0v) is 22.9. The number of furan rings is 1. The summed E-state index contributed by atoms with van der Waals surface area (Å²) in [6.07, 6.45) is 6.35. The third-order valence-electron chi connectivity index (χ3n) is 7.74. The second-order valence-corrected chi connectivity index (χ2v) is 10.2. The van der Waals surface area contributed by atoms with Crippen molar-refractivity contribution in [3.05, 3.63) is 145 Å². The molecule has 0 unspecified atom stereocenters. The molecule has 41 heavy (non-hydrogen) atoms. The van der Waals surface area contributed by atoms with Crippen LogP contribution in [0.1, 0.15) is 17.5 Å². The second-order valence-electron chi connectivity index (χ2n) is 10.2. The molecule has 0 saturated heterocycles. The van der Waals surface area contributed by atoms with E-state index < -0.39 is 0 Å². The Morgan fingerprint density at radius 2 is 1.41 bits per heavy atom. The van der Waals surface area contributed by atoms with Crippen molar-refractivity contribution in [1.29, 1.82) is 0 Å². The molecule has 7 rings (SSSR count). The topological polar surface area (TPSA) is 22.4 Å². The number of benzene rings is 4. The van der Waals surface area contributed by atoms with E-state index in [1.165, 1.54) is 11.1 Å². The maximum absolute atomic E-state index is 6.97. The summed E-state index contributed by atoms with van der Waals surface area (Å²) in [7, 11) is 1.69. The minimum Gasteiger partial charge on any atom is -0.497 e. The summed E-state index contributed by atoms with van der Waals surface area (Å²) >= 11 is 0. The Morgan fingerprint density at radius 1 is 0.683 bits per heavy atom. The Bertz CT molecular complexity index is 1770. The van der Waals surface area contributed by atoms with Crippen molar-refractivity contribution in [3.63, 3.8) is 0 Å². The van der Waals surface area contributed by atoms with E-state index in [0.717, 1.165) is 74.6 Å². The SMILES string of the molecule is COc1ccc(-c2oc(-c3c(-c4c#cccc4)cc(-c4ccccc4)cc3-c3ccccc3)c3c2C=CCC3)cc1. The molecule has 5 aromatic carbocycles. The lowest BCUT2D eigenvalue weighted by molar-refractivity contribution is 0.415. The molecule has 0 fully saturated rings. The van der Waals surface area contributed by atoms with Crippen LogP contribution in [0.25, 0.3) is 62.1 Å². The lowest BCUT2D eigenvalue weighted by atomic mass is 9.84. The van der Waals surface area contributed by atoms with Gasteiger partial charge in [0.15, 0.2) is 0 Å². The number of hydrogen-bond donors (Lipinski definition) is 0. The molecule has 0 amide bonds. The Balaban J connectivity index is 1.55. The number of fused-ring (bicyclic) bond motifs is 1. The van der Waals surface area contributed by atoms with Gasteiger partial charge in [0.2, 0.25) is 0 Å². The number of ether oxygens (including phenoxy) is 1. The summed E-state index contributed by atoms with van der Waals surface area (Å²) in [5.74, 6) is 2.63. The van der Waals surface area contributed by atoms with Gasteiger partial charge < -0.3 is 9.15 Å². The molecule has 0 atom stereocenters. The average Bonchev–Trinajstić information content (AvgIpc) is 3.45. The van der Waals surface area contributed by atoms with Crippen LogP contribution in [0.15, 0.2) is 126 Å². The van der Waals surface area contributed by atoms with E-state index in [2.05, 4.69) is 115 Å². The van der Waals surface area contributed by atoms with E-state index >= 15 is 0 Å². The van der Waals surface area contributed by atoms with Crippen LogP contribution in [0.4, 0.5) is 0 Å². The fourth-order valence-electron chi connectivity index (χ4n) is 5.74. The number of allylic oxidation sites excluding steroid dienone is 1. The van der Waals surface area contributed by atoms with E-state index in [4.69, 9.17) is 9.15 Å². The first-order valence-corrected chi connectivity index (χ1v) is 13.9. The van der Waals surface area contributed by atoms with E-state index in [0.29, 0.717) is 0 Å². The summed E-state index contributed by atoms with van der Waals surface area (Å²) in [5.41, 5.74) is 11.2. The van der Waals surface area contributed by atoms with Crippen LogP contribution in [0.2, 0.25) is 0 Å². The molecule has 0 bridgehead atoms. The summed E-state index contributed by atoms with van der Waals surface area (Å²) in [4.78, 5) is 0. The van der Waals surface area contributed by atoms with Crippen LogP contribution in [0, 0.1) is 12.1 Å². The molecule has 1 heterocycles. The van der Waals surface area contributed by atoms with Crippen molar-refractivity contribution in [2.24, 2.45) is 0 Å². The van der Waals surface area contributed by atoms with E-state index in [1.54, 1.807) is 7.11 Å². The van der Waals surface area contributed by atoms with Gasteiger partial charge in [0.1, 0.15) is 17.3 Å². The highest BCUT2D eigenvalue weighted by Gasteiger charge is 2.27.